The standard InChI is InChI=1S/C15H16N2/c16-15(9-11-5-7-17-8-6-11)14-10-12-3-1-2-4-13(12)14/h1-8,14-15H,9-10,16H2. The van der Waals surface area contributed by atoms with Gasteiger partial charge in [0.15, 0.2) is 0 Å². The van der Waals surface area contributed by atoms with Crippen LogP contribution < -0.4 is 5.73 Å². The van der Waals surface area contributed by atoms with Crippen LogP contribution in [0.4, 0.5) is 0 Å². The fourth-order valence-electron chi connectivity index (χ4n) is 2.61. The van der Waals surface area contributed by atoms with Gasteiger partial charge in [-0.25, -0.2) is 0 Å². The summed E-state index contributed by atoms with van der Waals surface area (Å²) in [6, 6.07) is 12.9. The van der Waals surface area contributed by atoms with E-state index in [0.29, 0.717) is 5.92 Å². The summed E-state index contributed by atoms with van der Waals surface area (Å²) in [5.74, 6) is 0.527. The number of nitrogens with two attached hydrogens (primary N) is 1. The first kappa shape index (κ1) is 10.5. The van der Waals surface area contributed by atoms with E-state index in [9.17, 15) is 0 Å². The minimum atomic E-state index is 0.215. The molecule has 0 spiro atoms. The van der Waals surface area contributed by atoms with Crippen molar-refractivity contribution >= 4 is 0 Å². The average molecular weight is 224 g/mol. The molecular weight excluding hydrogens is 208 g/mol. The Balaban J connectivity index is 1.72. The molecule has 2 nitrogen and oxygen atoms in total. The predicted molar refractivity (Wildman–Crippen MR) is 68.8 cm³/mol. The molecule has 86 valence electrons. The fraction of sp³-hybridized carbons (Fsp3) is 0.267. The maximum Gasteiger partial charge on any atom is 0.0270 e. The van der Waals surface area contributed by atoms with E-state index >= 15 is 0 Å². The normalized spacial score (nSPS) is 19.2. The number of hydrogen-bond donors (Lipinski definition) is 1. The van der Waals surface area contributed by atoms with Crippen LogP contribution in [0.15, 0.2) is 48.8 Å². The smallest absolute Gasteiger partial charge is 0.0270 e. The molecule has 0 fully saturated rings. The highest BCUT2D eigenvalue weighted by molar-refractivity contribution is 5.41. The summed E-state index contributed by atoms with van der Waals surface area (Å²) in [6.45, 7) is 0. The van der Waals surface area contributed by atoms with Crippen molar-refractivity contribution < 1.29 is 0 Å². The zero-order valence-electron chi connectivity index (χ0n) is 9.71. The van der Waals surface area contributed by atoms with E-state index in [1.807, 2.05) is 24.5 Å². The molecule has 0 saturated heterocycles. The monoisotopic (exact) mass is 224 g/mol. The molecule has 0 bridgehead atoms. The molecule has 2 atom stereocenters. The molecule has 1 aromatic heterocycles. The molecule has 2 unspecified atom stereocenters. The van der Waals surface area contributed by atoms with Crippen LogP contribution in [0, 0.1) is 0 Å². The number of nitrogens with zero attached hydrogens (tertiary/aromatic N) is 1. The first-order chi connectivity index (χ1) is 8.34. The molecule has 0 saturated carbocycles. The van der Waals surface area contributed by atoms with Crippen LogP contribution in [0.3, 0.4) is 0 Å². The van der Waals surface area contributed by atoms with Crippen LogP contribution in [0.25, 0.3) is 0 Å². The maximum atomic E-state index is 6.31. The van der Waals surface area contributed by atoms with Crippen molar-refractivity contribution in [3.8, 4) is 0 Å². The molecule has 1 heterocycles. The van der Waals surface area contributed by atoms with Crippen molar-refractivity contribution in [1.82, 2.24) is 4.98 Å². The molecule has 3 rings (SSSR count). The molecule has 1 aliphatic carbocycles. The second-order valence-electron chi connectivity index (χ2n) is 4.73. The zero-order valence-corrected chi connectivity index (χ0v) is 9.71. The second kappa shape index (κ2) is 4.30. The summed E-state index contributed by atoms with van der Waals surface area (Å²) in [4.78, 5) is 4.03. The summed E-state index contributed by atoms with van der Waals surface area (Å²) >= 11 is 0. The number of pyridine rings is 1. The number of rotatable bonds is 3. The van der Waals surface area contributed by atoms with Gasteiger partial charge in [0.05, 0.1) is 0 Å². The summed E-state index contributed by atoms with van der Waals surface area (Å²) < 4.78 is 0. The van der Waals surface area contributed by atoms with Gasteiger partial charge in [0.25, 0.3) is 0 Å². The van der Waals surface area contributed by atoms with Crippen molar-refractivity contribution in [2.75, 3.05) is 0 Å². The van der Waals surface area contributed by atoms with Crippen LogP contribution in [-0.2, 0) is 12.8 Å². The lowest BCUT2D eigenvalue weighted by atomic mass is 9.72. The summed E-state index contributed by atoms with van der Waals surface area (Å²) in [6.07, 6.45) is 5.72. The number of benzene rings is 1. The Morgan fingerprint density at radius 2 is 1.94 bits per heavy atom. The van der Waals surface area contributed by atoms with Crippen LogP contribution in [-0.4, -0.2) is 11.0 Å². The quantitative estimate of drug-likeness (QED) is 0.868. The van der Waals surface area contributed by atoms with E-state index in [4.69, 9.17) is 5.73 Å². The van der Waals surface area contributed by atoms with Crippen LogP contribution >= 0.6 is 0 Å². The Bertz CT molecular complexity index is 507. The van der Waals surface area contributed by atoms with Crippen LogP contribution in [0.5, 0.6) is 0 Å². The predicted octanol–water partition coefficient (Wildman–Crippen LogP) is 2.29. The summed E-state index contributed by atoms with van der Waals surface area (Å²) in [7, 11) is 0. The third kappa shape index (κ3) is 1.96. The van der Waals surface area contributed by atoms with Gasteiger partial charge in [0, 0.05) is 24.4 Å². The molecule has 1 aromatic carbocycles. The van der Waals surface area contributed by atoms with Gasteiger partial charge in [-0.05, 0) is 41.7 Å². The van der Waals surface area contributed by atoms with Gasteiger partial charge in [-0.2, -0.15) is 0 Å². The molecule has 0 amide bonds. The largest absolute Gasteiger partial charge is 0.327 e. The van der Waals surface area contributed by atoms with Crippen LogP contribution in [0.2, 0.25) is 0 Å². The molecule has 0 radical (unpaired) electrons. The van der Waals surface area contributed by atoms with E-state index in [-0.39, 0.29) is 6.04 Å². The second-order valence-corrected chi connectivity index (χ2v) is 4.73. The molecule has 17 heavy (non-hydrogen) atoms. The summed E-state index contributed by atoms with van der Waals surface area (Å²) in [5, 5.41) is 0. The lowest BCUT2D eigenvalue weighted by molar-refractivity contribution is 0.480. The molecule has 2 aromatic rings. The van der Waals surface area contributed by atoms with E-state index in [1.54, 1.807) is 0 Å². The molecule has 2 N–H and O–H groups in total. The Labute approximate surface area is 102 Å². The van der Waals surface area contributed by atoms with Gasteiger partial charge in [-0.15, -0.1) is 0 Å². The average Bonchev–Trinajstić information content (AvgIpc) is 2.32. The van der Waals surface area contributed by atoms with Gasteiger partial charge in [0.2, 0.25) is 0 Å². The number of fused-ring (bicyclic) bond motifs is 1. The van der Waals surface area contributed by atoms with E-state index in [2.05, 4.69) is 29.2 Å². The highest BCUT2D eigenvalue weighted by atomic mass is 14.7. The first-order valence-corrected chi connectivity index (χ1v) is 6.07. The van der Waals surface area contributed by atoms with Crippen molar-refractivity contribution in [2.24, 2.45) is 5.73 Å². The van der Waals surface area contributed by atoms with Crippen molar-refractivity contribution in [1.29, 1.82) is 0 Å². The van der Waals surface area contributed by atoms with Gasteiger partial charge in [-0.3, -0.25) is 4.98 Å². The van der Waals surface area contributed by atoms with Crippen molar-refractivity contribution in [2.45, 2.75) is 24.8 Å². The Hall–Kier alpha value is -1.67. The van der Waals surface area contributed by atoms with E-state index in [1.165, 1.54) is 16.7 Å². The minimum Gasteiger partial charge on any atom is -0.327 e. The van der Waals surface area contributed by atoms with Gasteiger partial charge < -0.3 is 5.73 Å². The SMILES string of the molecule is NC(Cc1ccncc1)C1Cc2ccccc21. The van der Waals surface area contributed by atoms with E-state index in [0.717, 1.165) is 12.8 Å². The third-order valence-corrected chi connectivity index (χ3v) is 3.63. The summed E-state index contributed by atoms with van der Waals surface area (Å²) in [5.41, 5.74) is 10.5. The van der Waals surface area contributed by atoms with Crippen molar-refractivity contribution in [3.05, 3.63) is 65.5 Å². The lowest BCUT2D eigenvalue weighted by Crippen LogP contribution is -2.37. The first-order valence-electron chi connectivity index (χ1n) is 6.07. The van der Waals surface area contributed by atoms with Crippen molar-refractivity contribution in [3.63, 3.8) is 0 Å². The maximum absolute atomic E-state index is 6.31. The molecular formula is C15H16N2. The zero-order chi connectivity index (χ0) is 11.7. The van der Waals surface area contributed by atoms with Gasteiger partial charge in [0.1, 0.15) is 0 Å². The Morgan fingerprint density at radius 1 is 1.18 bits per heavy atom. The molecule has 1 aliphatic rings. The highest BCUT2D eigenvalue weighted by Gasteiger charge is 2.30. The number of hydrogen-bond acceptors (Lipinski definition) is 2. The van der Waals surface area contributed by atoms with Gasteiger partial charge >= 0.3 is 0 Å². The van der Waals surface area contributed by atoms with Crippen LogP contribution in [0.1, 0.15) is 22.6 Å². The van der Waals surface area contributed by atoms with Gasteiger partial charge in [-0.1, -0.05) is 24.3 Å². The van der Waals surface area contributed by atoms with E-state index < -0.39 is 0 Å². The Kier molecular flexibility index (Phi) is 2.65. The Morgan fingerprint density at radius 3 is 2.71 bits per heavy atom. The fourth-order valence-corrected chi connectivity index (χ4v) is 2.61. The molecule has 2 heteroatoms. The molecule has 0 aliphatic heterocycles. The lowest BCUT2D eigenvalue weighted by Gasteiger charge is -2.34. The topological polar surface area (TPSA) is 38.9 Å². The minimum absolute atomic E-state index is 0.215. The highest BCUT2D eigenvalue weighted by Crippen LogP contribution is 2.37. The third-order valence-electron chi connectivity index (χ3n) is 3.63. The number of aromatic nitrogens is 1.